The van der Waals surface area contributed by atoms with Crippen molar-refractivity contribution in [3.05, 3.63) is 24.4 Å². The maximum absolute atomic E-state index is 15.1. The molecular formula is C11H18F2N3O12P3. The smallest absolute Gasteiger partial charge is 0.387 e. The topological polar surface area (TPSA) is 231 Å². The van der Waals surface area contributed by atoms with Crippen LogP contribution in [0.15, 0.2) is 29.4 Å². The van der Waals surface area contributed by atoms with Crippen molar-refractivity contribution < 1.29 is 65.0 Å². The van der Waals surface area contributed by atoms with E-state index in [2.05, 4.69) is 24.7 Å². The lowest BCUT2D eigenvalue weighted by molar-refractivity contribution is -0.0765. The van der Waals surface area contributed by atoms with Crippen molar-refractivity contribution in [2.45, 2.75) is 31.0 Å². The molecule has 0 saturated carbocycles. The standard InChI is InChI=1S/C11H18F2N3O12P3/c1-5-15-9(14)6(12)3-16(5)10-11(2,13)8(17)7(26-10)4-25-30(21,22)28-31(23,24)27-29(18,19)20/h3,7-8,10,17H,1,4H2,2H3,(H2,14,15)(H,21,22)(H,23,24)(H2,18,19,20)/t7-,8+,10-,11?/m1/s1. The van der Waals surface area contributed by atoms with E-state index in [-0.39, 0.29) is 5.82 Å². The van der Waals surface area contributed by atoms with Crippen LogP contribution < -0.4 is 5.73 Å². The van der Waals surface area contributed by atoms with Gasteiger partial charge in [-0.2, -0.15) is 8.62 Å². The van der Waals surface area contributed by atoms with E-state index in [4.69, 9.17) is 25.2 Å². The second-order valence-electron chi connectivity index (χ2n) is 6.31. The molecule has 0 bridgehead atoms. The molecule has 7 N–H and O–H groups in total. The number of halogens is 2. The molecule has 1 fully saturated rings. The molecule has 3 unspecified atom stereocenters. The van der Waals surface area contributed by atoms with E-state index in [1.165, 1.54) is 0 Å². The first-order valence-electron chi connectivity index (χ1n) is 7.84. The number of nitrogens with zero attached hydrogens (tertiary/aromatic N) is 2. The molecule has 2 aliphatic rings. The predicted octanol–water partition coefficient (Wildman–Crippen LogP) is 0.0986. The van der Waals surface area contributed by atoms with Gasteiger partial charge in [-0.3, -0.25) is 4.52 Å². The molecule has 0 spiro atoms. The third-order valence-electron chi connectivity index (χ3n) is 3.83. The van der Waals surface area contributed by atoms with Crippen molar-refractivity contribution >= 4 is 29.3 Å². The maximum Gasteiger partial charge on any atom is 0.490 e. The molecule has 0 aliphatic carbocycles. The zero-order valence-electron chi connectivity index (χ0n) is 15.4. The summed E-state index contributed by atoms with van der Waals surface area (Å²) in [5, 5.41) is 10.1. The minimum absolute atomic E-state index is 0.256. The first-order valence-corrected chi connectivity index (χ1v) is 12.4. The maximum atomic E-state index is 15.1. The highest BCUT2D eigenvalue weighted by Crippen LogP contribution is 2.66. The zero-order valence-corrected chi connectivity index (χ0v) is 18.1. The summed E-state index contributed by atoms with van der Waals surface area (Å²) in [6, 6.07) is 0. The Morgan fingerprint density at radius 1 is 1.29 bits per heavy atom. The highest BCUT2D eigenvalue weighted by Gasteiger charge is 2.57. The number of ether oxygens (including phenoxy) is 1. The highest BCUT2D eigenvalue weighted by atomic mass is 31.3. The van der Waals surface area contributed by atoms with Gasteiger partial charge in [0.2, 0.25) is 0 Å². The van der Waals surface area contributed by atoms with Crippen molar-refractivity contribution in [1.29, 1.82) is 0 Å². The Hall–Kier alpha value is -1.06. The second-order valence-corrected chi connectivity index (χ2v) is 10.7. The second kappa shape index (κ2) is 8.71. The fourth-order valence-electron chi connectivity index (χ4n) is 2.54. The predicted molar refractivity (Wildman–Crippen MR) is 95.8 cm³/mol. The number of phosphoric ester groups is 1. The van der Waals surface area contributed by atoms with Gasteiger partial charge in [0.05, 0.1) is 6.61 Å². The lowest BCUT2D eigenvalue weighted by Crippen LogP contribution is -2.48. The van der Waals surface area contributed by atoms with Crippen LogP contribution in [0.3, 0.4) is 0 Å². The molecule has 6 atom stereocenters. The van der Waals surface area contributed by atoms with Gasteiger partial charge in [0, 0.05) is 6.20 Å². The lowest BCUT2D eigenvalue weighted by Gasteiger charge is -2.34. The number of aliphatic hydroxyl groups is 1. The van der Waals surface area contributed by atoms with Crippen molar-refractivity contribution in [3.8, 4) is 0 Å². The van der Waals surface area contributed by atoms with Crippen LogP contribution >= 0.6 is 23.5 Å². The zero-order chi connectivity index (χ0) is 24.0. The number of hydrogen-bond acceptors (Lipinski definition) is 11. The molecule has 2 rings (SSSR count). The van der Waals surface area contributed by atoms with E-state index in [1.54, 1.807) is 0 Å². The Balaban J connectivity index is 2.10. The molecule has 0 aromatic carbocycles. The van der Waals surface area contributed by atoms with Gasteiger partial charge in [-0.25, -0.2) is 27.5 Å². The summed E-state index contributed by atoms with van der Waals surface area (Å²) in [4.78, 5) is 39.8. The molecule has 31 heavy (non-hydrogen) atoms. The molecule has 2 heterocycles. The number of nitrogens with two attached hydrogens (primary N) is 1. The molecule has 0 aromatic heterocycles. The van der Waals surface area contributed by atoms with Gasteiger partial charge in [0.25, 0.3) is 0 Å². The van der Waals surface area contributed by atoms with Crippen molar-refractivity contribution in [2.75, 3.05) is 6.61 Å². The molecule has 20 heteroatoms. The average Bonchev–Trinajstić information content (AvgIpc) is 2.76. The summed E-state index contributed by atoms with van der Waals surface area (Å²) in [7, 11) is -16.9. The fourth-order valence-corrected chi connectivity index (χ4v) is 5.57. The summed E-state index contributed by atoms with van der Waals surface area (Å²) in [5.41, 5.74) is 2.63. The number of aliphatic hydroxyl groups excluding tert-OH is 1. The van der Waals surface area contributed by atoms with Gasteiger partial charge in [-0.1, -0.05) is 6.58 Å². The number of rotatable bonds is 8. The van der Waals surface area contributed by atoms with Gasteiger partial charge in [-0.05, 0) is 6.92 Å². The van der Waals surface area contributed by atoms with Crippen LogP contribution in [-0.4, -0.2) is 66.1 Å². The van der Waals surface area contributed by atoms with E-state index >= 15 is 4.39 Å². The van der Waals surface area contributed by atoms with E-state index < -0.39 is 65.8 Å². The third kappa shape index (κ3) is 6.48. The van der Waals surface area contributed by atoms with Crippen LogP contribution in [0.1, 0.15) is 6.92 Å². The number of aliphatic imine (C=N–C) groups is 1. The summed E-state index contributed by atoms with van der Waals surface area (Å²) in [5.74, 6) is -1.85. The highest BCUT2D eigenvalue weighted by molar-refractivity contribution is 7.66. The van der Waals surface area contributed by atoms with Gasteiger partial charge in [0.15, 0.2) is 23.6 Å². The van der Waals surface area contributed by atoms with E-state index in [0.717, 1.165) is 11.8 Å². The van der Waals surface area contributed by atoms with Crippen LogP contribution in [0.5, 0.6) is 0 Å². The number of hydrogen-bond donors (Lipinski definition) is 6. The van der Waals surface area contributed by atoms with E-state index in [9.17, 15) is 28.1 Å². The molecule has 178 valence electrons. The summed E-state index contributed by atoms with van der Waals surface area (Å²) >= 11 is 0. The van der Waals surface area contributed by atoms with Crippen molar-refractivity contribution in [2.24, 2.45) is 10.7 Å². The Kier molecular flexibility index (Phi) is 7.36. The van der Waals surface area contributed by atoms with Gasteiger partial charge in [-0.15, -0.1) is 0 Å². The quantitative estimate of drug-likeness (QED) is 0.236. The molecule has 1 saturated heterocycles. The van der Waals surface area contributed by atoms with Crippen molar-refractivity contribution in [3.63, 3.8) is 0 Å². The minimum atomic E-state index is -5.77. The van der Waals surface area contributed by atoms with E-state index in [0.29, 0.717) is 6.20 Å². The molecule has 0 radical (unpaired) electrons. The number of amidine groups is 1. The third-order valence-corrected chi connectivity index (χ3v) is 7.63. The van der Waals surface area contributed by atoms with Gasteiger partial charge in [0.1, 0.15) is 18.0 Å². The Labute approximate surface area is 172 Å². The number of alkyl halides is 1. The SMILES string of the molecule is C=C1N=C(N)C(F)=CN1[C@@H]1O[C@H](COP(=O)(O)OP(=O)(O)OP(=O)(O)O)[C@H](O)C1(C)F. The summed E-state index contributed by atoms with van der Waals surface area (Å²) in [6.07, 6.45) is -4.81. The molecular weight excluding hydrogens is 497 g/mol. The van der Waals surface area contributed by atoms with Crippen LogP contribution in [0.25, 0.3) is 0 Å². The first-order chi connectivity index (χ1) is 13.8. The Morgan fingerprint density at radius 3 is 2.42 bits per heavy atom. The van der Waals surface area contributed by atoms with E-state index in [1.807, 2.05) is 0 Å². The monoisotopic (exact) mass is 515 g/mol. The fraction of sp³-hybridized carbons (Fsp3) is 0.545. The van der Waals surface area contributed by atoms with Crippen LogP contribution in [0.2, 0.25) is 0 Å². The lowest BCUT2D eigenvalue weighted by atomic mass is 9.98. The van der Waals surface area contributed by atoms with Gasteiger partial charge < -0.3 is 40.1 Å². The molecule has 15 nitrogen and oxygen atoms in total. The van der Waals surface area contributed by atoms with Gasteiger partial charge >= 0.3 is 23.5 Å². The average molecular weight is 515 g/mol. The Bertz CT molecular complexity index is 951. The van der Waals surface area contributed by atoms with Crippen LogP contribution in [-0.2, 0) is 31.6 Å². The van der Waals surface area contributed by atoms with Crippen molar-refractivity contribution in [1.82, 2.24) is 4.90 Å². The minimum Gasteiger partial charge on any atom is -0.387 e. The normalized spacial score (nSPS) is 33.5. The summed E-state index contributed by atoms with van der Waals surface area (Å²) in [6.45, 7) is 3.17. The largest absolute Gasteiger partial charge is 0.490 e. The number of phosphoric acid groups is 3. The molecule has 0 amide bonds. The molecule has 0 aromatic rings. The first kappa shape index (κ1) is 26.2. The Morgan fingerprint density at radius 2 is 1.87 bits per heavy atom. The molecule has 2 aliphatic heterocycles. The van der Waals surface area contributed by atoms with Crippen LogP contribution in [0, 0.1) is 0 Å². The summed E-state index contributed by atoms with van der Waals surface area (Å²) < 4.78 is 79.0. The van der Waals surface area contributed by atoms with Crippen LogP contribution in [0.4, 0.5) is 8.78 Å².